The maximum absolute atomic E-state index is 9.97. The fourth-order valence-corrected chi connectivity index (χ4v) is 2.58. The highest BCUT2D eigenvalue weighted by atomic mass is 79.9. The lowest BCUT2D eigenvalue weighted by Gasteiger charge is -1.98. The van der Waals surface area contributed by atoms with E-state index in [0.29, 0.717) is 11.4 Å². The fraction of sp³-hybridized carbons (Fsp3) is 0.0667. The lowest BCUT2D eigenvalue weighted by molar-refractivity contribution is 0.415. The second kappa shape index (κ2) is 5.57. The maximum Gasteiger partial charge on any atom is 0.218 e. The molecule has 0 unspecified atom stereocenters. The minimum absolute atomic E-state index is 0.00541. The van der Waals surface area contributed by atoms with Crippen LogP contribution in [-0.4, -0.2) is 17.2 Å². The first-order valence-corrected chi connectivity index (χ1v) is 7.03. The fourth-order valence-electron chi connectivity index (χ4n) is 2.03. The van der Waals surface area contributed by atoms with Crippen molar-refractivity contribution >= 4 is 38.2 Å². The first-order valence-electron chi connectivity index (χ1n) is 6.24. The van der Waals surface area contributed by atoms with Crippen LogP contribution >= 0.6 is 15.9 Å². The first kappa shape index (κ1) is 13.6. The number of benzene rings is 2. The SMILES string of the molecule is COc1ccc(N=Nc2c(O)[nH]c3cccc(Br)c23)cc1. The van der Waals surface area contributed by atoms with E-state index in [-0.39, 0.29) is 5.88 Å². The smallest absolute Gasteiger partial charge is 0.218 e. The summed E-state index contributed by atoms with van der Waals surface area (Å²) in [6, 6.07) is 12.8. The van der Waals surface area contributed by atoms with Crippen LogP contribution in [0, 0.1) is 0 Å². The Hall–Kier alpha value is -2.34. The summed E-state index contributed by atoms with van der Waals surface area (Å²) in [4.78, 5) is 2.87. The molecule has 1 heterocycles. The van der Waals surface area contributed by atoms with Crippen molar-refractivity contribution in [1.82, 2.24) is 4.98 Å². The average Bonchev–Trinajstić information content (AvgIpc) is 2.82. The molecule has 3 rings (SSSR count). The number of aromatic amines is 1. The molecule has 6 heteroatoms. The van der Waals surface area contributed by atoms with Gasteiger partial charge in [0.15, 0.2) is 5.69 Å². The van der Waals surface area contributed by atoms with E-state index in [1.807, 2.05) is 18.2 Å². The topological polar surface area (TPSA) is 70.0 Å². The number of rotatable bonds is 3. The van der Waals surface area contributed by atoms with Crippen molar-refractivity contribution in [3.63, 3.8) is 0 Å². The molecule has 0 saturated heterocycles. The largest absolute Gasteiger partial charge is 0.497 e. The van der Waals surface area contributed by atoms with Crippen molar-refractivity contribution in [2.75, 3.05) is 7.11 Å². The van der Waals surface area contributed by atoms with Crippen LogP contribution < -0.4 is 4.74 Å². The summed E-state index contributed by atoms with van der Waals surface area (Å²) in [5.41, 5.74) is 1.88. The van der Waals surface area contributed by atoms with E-state index in [2.05, 4.69) is 31.1 Å². The predicted molar refractivity (Wildman–Crippen MR) is 84.8 cm³/mol. The molecular formula is C15H12BrN3O2. The van der Waals surface area contributed by atoms with Crippen molar-refractivity contribution in [1.29, 1.82) is 0 Å². The third-order valence-electron chi connectivity index (χ3n) is 3.07. The van der Waals surface area contributed by atoms with Gasteiger partial charge in [-0.2, -0.15) is 5.11 Å². The number of hydrogen-bond acceptors (Lipinski definition) is 4. The number of halogens is 1. The van der Waals surface area contributed by atoms with Crippen LogP contribution in [0.1, 0.15) is 0 Å². The molecule has 2 N–H and O–H groups in total. The number of fused-ring (bicyclic) bond motifs is 1. The van der Waals surface area contributed by atoms with Gasteiger partial charge < -0.3 is 14.8 Å². The van der Waals surface area contributed by atoms with Crippen LogP contribution in [0.5, 0.6) is 11.6 Å². The number of aromatic nitrogens is 1. The predicted octanol–water partition coefficient (Wildman–Crippen LogP) is 5.06. The van der Waals surface area contributed by atoms with E-state index in [9.17, 15) is 5.11 Å². The van der Waals surface area contributed by atoms with Crippen molar-refractivity contribution in [2.45, 2.75) is 0 Å². The van der Waals surface area contributed by atoms with E-state index < -0.39 is 0 Å². The van der Waals surface area contributed by atoms with Crippen molar-refractivity contribution < 1.29 is 9.84 Å². The molecule has 0 radical (unpaired) electrons. The normalized spacial score (nSPS) is 11.3. The Morgan fingerprint density at radius 2 is 1.86 bits per heavy atom. The standard InChI is InChI=1S/C15H12BrN3O2/c1-21-10-7-5-9(6-8-10)18-19-14-13-11(16)3-2-4-12(13)17-15(14)20/h2-8,17,20H,1H3. The summed E-state index contributed by atoms with van der Waals surface area (Å²) in [6.07, 6.45) is 0. The molecule has 2 aromatic carbocycles. The number of ether oxygens (including phenoxy) is 1. The molecule has 0 aliphatic heterocycles. The van der Waals surface area contributed by atoms with E-state index >= 15 is 0 Å². The monoisotopic (exact) mass is 345 g/mol. The van der Waals surface area contributed by atoms with E-state index in [0.717, 1.165) is 21.1 Å². The summed E-state index contributed by atoms with van der Waals surface area (Å²) in [6.45, 7) is 0. The van der Waals surface area contributed by atoms with Gasteiger partial charge >= 0.3 is 0 Å². The zero-order valence-electron chi connectivity index (χ0n) is 11.2. The molecule has 0 amide bonds. The number of H-pyrrole nitrogens is 1. The highest BCUT2D eigenvalue weighted by Gasteiger charge is 2.12. The number of nitrogens with zero attached hydrogens (tertiary/aromatic N) is 2. The Bertz CT molecular complexity index is 810. The summed E-state index contributed by atoms with van der Waals surface area (Å²) >= 11 is 3.46. The lowest BCUT2D eigenvalue weighted by Crippen LogP contribution is -1.79. The van der Waals surface area contributed by atoms with Gasteiger partial charge in [0.25, 0.3) is 0 Å². The Morgan fingerprint density at radius 3 is 2.57 bits per heavy atom. The van der Waals surface area contributed by atoms with Crippen LogP contribution in [0.15, 0.2) is 57.2 Å². The van der Waals surface area contributed by atoms with Gasteiger partial charge in [0.05, 0.1) is 18.3 Å². The molecular weight excluding hydrogens is 334 g/mol. The third-order valence-corrected chi connectivity index (χ3v) is 3.73. The molecule has 0 aliphatic carbocycles. The Balaban J connectivity index is 2.00. The lowest BCUT2D eigenvalue weighted by atomic mass is 10.2. The summed E-state index contributed by atoms with van der Waals surface area (Å²) in [7, 11) is 1.61. The summed E-state index contributed by atoms with van der Waals surface area (Å²) in [5, 5.41) is 19.1. The van der Waals surface area contributed by atoms with E-state index in [1.54, 1.807) is 31.4 Å². The summed E-state index contributed by atoms with van der Waals surface area (Å²) < 4.78 is 5.94. The van der Waals surface area contributed by atoms with E-state index in [4.69, 9.17) is 4.74 Å². The number of hydrogen-bond donors (Lipinski definition) is 2. The first-order chi connectivity index (χ1) is 10.2. The van der Waals surface area contributed by atoms with Gasteiger partial charge in [0, 0.05) is 9.86 Å². The van der Waals surface area contributed by atoms with Gasteiger partial charge in [0.2, 0.25) is 5.88 Å². The highest BCUT2D eigenvalue weighted by Crippen LogP contribution is 2.40. The molecule has 106 valence electrons. The molecule has 21 heavy (non-hydrogen) atoms. The van der Waals surface area contributed by atoms with Crippen LogP contribution in [0.3, 0.4) is 0 Å². The molecule has 0 fully saturated rings. The van der Waals surface area contributed by atoms with Crippen LogP contribution in [0.2, 0.25) is 0 Å². The van der Waals surface area contributed by atoms with Crippen LogP contribution in [0.25, 0.3) is 10.9 Å². The second-order valence-corrected chi connectivity index (χ2v) is 5.24. The minimum atomic E-state index is -0.00541. The quantitative estimate of drug-likeness (QED) is 0.651. The van der Waals surface area contributed by atoms with Gasteiger partial charge in [-0.25, -0.2) is 0 Å². The number of methoxy groups -OCH3 is 1. The number of azo groups is 1. The van der Waals surface area contributed by atoms with Gasteiger partial charge in [-0.1, -0.05) is 22.0 Å². The molecule has 0 saturated carbocycles. The van der Waals surface area contributed by atoms with Crippen molar-refractivity contribution in [2.24, 2.45) is 10.2 Å². The zero-order chi connectivity index (χ0) is 14.8. The van der Waals surface area contributed by atoms with Gasteiger partial charge in [-0.15, -0.1) is 5.11 Å². The van der Waals surface area contributed by atoms with Crippen LogP contribution in [0.4, 0.5) is 11.4 Å². The average molecular weight is 346 g/mol. The van der Waals surface area contributed by atoms with Crippen molar-refractivity contribution in [3.05, 3.63) is 46.9 Å². The molecule has 0 atom stereocenters. The van der Waals surface area contributed by atoms with Crippen molar-refractivity contribution in [3.8, 4) is 11.6 Å². The molecule has 3 aromatic rings. The molecule has 0 bridgehead atoms. The molecule has 1 aromatic heterocycles. The highest BCUT2D eigenvalue weighted by molar-refractivity contribution is 9.10. The Kier molecular flexibility index (Phi) is 3.62. The number of nitrogens with one attached hydrogen (secondary N) is 1. The Labute approximate surface area is 129 Å². The zero-order valence-corrected chi connectivity index (χ0v) is 12.8. The van der Waals surface area contributed by atoms with Gasteiger partial charge in [-0.05, 0) is 36.4 Å². The molecule has 0 spiro atoms. The van der Waals surface area contributed by atoms with Crippen LogP contribution in [-0.2, 0) is 0 Å². The molecule has 0 aliphatic rings. The summed E-state index contributed by atoms with van der Waals surface area (Å²) in [5.74, 6) is 0.751. The minimum Gasteiger partial charge on any atom is -0.497 e. The Morgan fingerprint density at radius 1 is 1.10 bits per heavy atom. The van der Waals surface area contributed by atoms with E-state index in [1.165, 1.54) is 0 Å². The van der Waals surface area contributed by atoms with Gasteiger partial charge in [-0.3, -0.25) is 0 Å². The molecule has 5 nitrogen and oxygen atoms in total. The maximum atomic E-state index is 9.97. The second-order valence-electron chi connectivity index (χ2n) is 4.38. The third kappa shape index (κ3) is 2.62. The number of aromatic hydroxyl groups is 1. The van der Waals surface area contributed by atoms with Gasteiger partial charge in [0.1, 0.15) is 5.75 Å².